The van der Waals surface area contributed by atoms with Crippen molar-refractivity contribution in [3.05, 3.63) is 36.0 Å². The summed E-state index contributed by atoms with van der Waals surface area (Å²) in [4.78, 5) is 14.8. The molecule has 0 aliphatic rings. The van der Waals surface area contributed by atoms with Crippen molar-refractivity contribution in [2.24, 2.45) is 0 Å². The van der Waals surface area contributed by atoms with Crippen LogP contribution in [0.4, 0.5) is 0 Å². The minimum Gasteiger partial charge on any atom is -0.361 e. The largest absolute Gasteiger partial charge is 0.361 e. The molecule has 2 N–H and O–H groups in total. The van der Waals surface area contributed by atoms with Gasteiger partial charge in [0.1, 0.15) is 0 Å². The first-order valence-electron chi connectivity index (χ1n) is 5.69. The van der Waals surface area contributed by atoms with E-state index < -0.39 is 0 Å². The molecule has 1 aromatic heterocycles. The first kappa shape index (κ1) is 12.0. The van der Waals surface area contributed by atoms with Gasteiger partial charge in [-0.3, -0.25) is 4.79 Å². The van der Waals surface area contributed by atoms with Crippen molar-refractivity contribution in [1.29, 1.82) is 0 Å². The Kier molecular flexibility index (Phi) is 4.04. The third kappa shape index (κ3) is 3.01. The van der Waals surface area contributed by atoms with Gasteiger partial charge in [0.05, 0.1) is 6.42 Å². The maximum absolute atomic E-state index is 11.7. The molecule has 0 atom stereocenters. The molecule has 17 heavy (non-hydrogen) atoms. The Labute approximate surface area is 105 Å². The van der Waals surface area contributed by atoms with Gasteiger partial charge in [-0.05, 0) is 18.1 Å². The van der Waals surface area contributed by atoms with Crippen molar-refractivity contribution in [1.82, 2.24) is 10.3 Å². The molecular formula is C13H15ClN2O. The number of halogens is 1. The van der Waals surface area contributed by atoms with Crippen LogP contribution in [-0.2, 0) is 11.2 Å². The molecule has 2 rings (SSSR count). The quantitative estimate of drug-likeness (QED) is 0.621. The third-order valence-electron chi connectivity index (χ3n) is 2.66. The van der Waals surface area contributed by atoms with Gasteiger partial charge in [0, 0.05) is 29.5 Å². The average molecular weight is 251 g/mol. The molecule has 0 fully saturated rings. The summed E-state index contributed by atoms with van der Waals surface area (Å²) in [5.74, 6) is 0.618. The van der Waals surface area contributed by atoms with Gasteiger partial charge in [0.2, 0.25) is 5.91 Å². The molecule has 0 saturated heterocycles. The topological polar surface area (TPSA) is 44.9 Å². The van der Waals surface area contributed by atoms with Gasteiger partial charge in [-0.15, -0.1) is 11.6 Å². The highest BCUT2D eigenvalue weighted by atomic mass is 35.5. The summed E-state index contributed by atoms with van der Waals surface area (Å²) in [5, 5.41) is 3.96. The van der Waals surface area contributed by atoms with Crippen LogP contribution in [0.1, 0.15) is 12.0 Å². The number of aromatic nitrogens is 1. The summed E-state index contributed by atoms with van der Waals surface area (Å²) in [5.41, 5.74) is 2.10. The maximum Gasteiger partial charge on any atom is 0.224 e. The monoisotopic (exact) mass is 250 g/mol. The Morgan fingerprint density at radius 3 is 3.00 bits per heavy atom. The predicted octanol–water partition coefficient (Wildman–Crippen LogP) is 2.46. The van der Waals surface area contributed by atoms with E-state index in [1.165, 1.54) is 0 Å². The number of carbonyl (C=O) groups excluding carboxylic acids is 1. The van der Waals surface area contributed by atoms with E-state index in [-0.39, 0.29) is 5.91 Å². The predicted molar refractivity (Wildman–Crippen MR) is 70.3 cm³/mol. The summed E-state index contributed by atoms with van der Waals surface area (Å²) in [6.45, 7) is 0.644. The number of para-hydroxylation sites is 1. The molecule has 0 unspecified atom stereocenters. The molecule has 1 heterocycles. The summed E-state index contributed by atoms with van der Waals surface area (Å²) in [7, 11) is 0. The van der Waals surface area contributed by atoms with Crippen LogP contribution in [0.2, 0.25) is 0 Å². The molecule has 0 spiro atoms. The third-order valence-corrected chi connectivity index (χ3v) is 2.93. The van der Waals surface area contributed by atoms with Crippen molar-refractivity contribution in [2.75, 3.05) is 12.4 Å². The molecule has 3 nitrogen and oxygen atoms in total. The normalized spacial score (nSPS) is 10.6. The fourth-order valence-electron chi connectivity index (χ4n) is 1.81. The molecule has 0 bridgehead atoms. The van der Waals surface area contributed by atoms with Gasteiger partial charge in [-0.25, -0.2) is 0 Å². The molecule has 0 aliphatic heterocycles. The lowest BCUT2D eigenvalue weighted by Crippen LogP contribution is -2.26. The number of rotatable bonds is 5. The van der Waals surface area contributed by atoms with Crippen molar-refractivity contribution in [2.45, 2.75) is 12.8 Å². The van der Waals surface area contributed by atoms with Crippen LogP contribution in [0.15, 0.2) is 30.5 Å². The van der Waals surface area contributed by atoms with Crippen molar-refractivity contribution >= 4 is 28.4 Å². The van der Waals surface area contributed by atoms with Crippen LogP contribution < -0.4 is 5.32 Å². The summed E-state index contributed by atoms with van der Waals surface area (Å²) in [6, 6.07) is 7.98. The van der Waals surface area contributed by atoms with Gasteiger partial charge < -0.3 is 10.3 Å². The molecule has 0 saturated carbocycles. The Morgan fingerprint density at radius 2 is 2.18 bits per heavy atom. The molecular weight excluding hydrogens is 236 g/mol. The van der Waals surface area contributed by atoms with E-state index in [1.807, 2.05) is 30.5 Å². The van der Waals surface area contributed by atoms with Crippen molar-refractivity contribution in [3.63, 3.8) is 0 Å². The Morgan fingerprint density at radius 1 is 1.35 bits per heavy atom. The minimum atomic E-state index is 0.0415. The average Bonchev–Trinajstić information content (AvgIpc) is 2.73. The van der Waals surface area contributed by atoms with E-state index in [9.17, 15) is 4.79 Å². The lowest BCUT2D eigenvalue weighted by Gasteiger charge is -2.02. The van der Waals surface area contributed by atoms with Crippen molar-refractivity contribution < 1.29 is 4.79 Å². The zero-order valence-corrected chi connectivity index (χ0v) is 10.3. The molecule has 1 aromatic carbocycles. The van der Waals surface area contributed by atoms with Crippen molar-refractivity contribution in [3.8, 4) is 0 Å². The van der Waals surface area contributed by atoms with E-state index in [0.29, 0.717) is 18.8 Å². The molecule has 2 aromatic rings. The number of nitrogens with one attached hydrogen (secondary N) is 2. The number of benzene rings is 1. The number of alkyl halides is 1. The maximum atomic E-state index is 11.7. The number of aromatic amines is 1. The Balaban J connectivity index is 2.01. The summed E-state index contributed by atoms with van der Waals surface area (Å²) < 4.78 is 0. The van der Waals surface area contributed by atoms with Gasteiger partial charge in [-0.2, -0.15) is 0 Å². The standard InChI is InChI=1S/C13H15ClN2O/c14-6-3-7-15-13(17)8-10-9-16-12-5-2-1-4-11(10)12/h1-2,4-5,9,16H,3,6-8H2,(H,15,17). The first-order valence-corrected chi connectivity index (χ1v) is 6.22. The van der Waals surface area contributed by atoms with E-state index >= 15 is 0 Å². The second-order valence-corrected chi connectivity index (χ2v) is 4.31. The van der Waals surface area contributed by atoms with Crippen LogP contribution in [-0.4, -0.2) is 23.3 Å². The van der Waals surface area contributed by atoms with Gasteiger partial charge >= 0.3 is 0 Å². The van der Waals surface area contributed by atoms with Crippen LogP contribution in [0.25, 0.3) is 10.9 Å². The SMILES string of the molecule is O=C(Cc1c[nH]c2ccccc12)NCCCCl. The van der Waals surface area contributed by atoms with Gasteiger partial charge in [0.25, 0.3) is 0 Å². The molecule has 0 radical (unpaired) electrons. The number of hydrogen-bond donors (Lipinski definition) is 2. The molecule has 0 aliphatic carbocycles. The van der Waals surface area contributed by atoms with Crippen LogP contribution in [0.3, 0.4) is 0 Å². The zero-order valence-electron chi connectivity index (χ0n) is 9.50. The first-order chi connectivity index (χ1) is 8.31. The molecule has 4 heteroatoms. The van der Waals surface area contributed by atoms with E-state index in [0.717, 1.165) is 22.9 Å². The van der Waals surface area contributed by atoms with E-state index in [2.05, 4.69) is 10.3 Å². The fourth-order valence-corrected chi connectivity index (χ4v) is 1.94. The molecule has 1 amide bonds. The fraction of sp³-hybridized carbons (Fsp3) is 0.308. The second-order valence-electron chi connectivity index (χ2n) is 3.93. The van der Waals surface area contributed by atoms with E-state index in [4.69, 9.17) is 11.6 Å². The van der Waals surface area contributed by atoms with Crippen LogP contribution in [0.5, 0.6) is 0 Å². The van der Waals surface area contributed by atoms with Gasteiger partial charge in [0.15, 0.2) is 0 Å². The lowest BCUT2D eigenvalue weighted by molar-refractivity contribution is -0.120. The summed E-state index contributed by atoms with van der Waals surface area (Å²) in [6.07, 6.45) is 3.11. The second kappa shape index (κ2) is 5.73. The lowest BCUT2D eigenvalue weighted by atomic mass is 10.1. The zero-order chi connectivity index (χ0) is 12.1. The number of H-pyrrole nitrogens is 1. The number of carbonyl (C=O) groups is 1. The van der Waals surface area contributed by atoms with Crippen LogP contribution >= 0.6 is 11.6 Å². The number of fused-ring (bicyclic) bond motifs is 1. The minimum absolute atomic E-state index is 0.0415. The Bertz CT molecular complexity index is 507. The number of amides is 1. The Hall–Kier alpha value is -1.48. The van der Waals surface area contributed by atoms with Crippen LogP contribution in [0, 0.1) is 0 Å². The number of hydrogen-bond acceptors (Lipinski definition) is 1. The molecule has 90 valence electrons. The highest BCUT2D eigenvalue weighted by Crippen LogP contribution is 2.17. The highest BCUT2D eigenvalue weighted by Gasteiger charge is 2.07. The van der Waals surface area contributed by atoms with Gasteiger partial charge in [-0.1, -0.05) is 18.2 Å². The van der Waals surface area contributed by atoms with E-state index in [1.54, 1.807) is 0 Å². The highest BCUT2D eigenvalue weighted by molar-refractivity contribution is 6.17. The summed E-state index contributed by atoms with van der Waals surface area (Å²) >= 11 is 5.55. The smallest absolute Gasteiger partial charge is 0.224 e.